The minimum atomic E-state index is -0.0826. The predicted octanol–water partition coefficient (Wildman–Crippen LogP) is 0.258. The topological polar surface area (TPSA) is 58.2 Å². The van der Waals surface area contributed by atoms with Crippen LogP contribution in [0.15, 0.2) is 0 Å². The SMILES string of the molecule is CCC(=O)NCCNC(=O)CCCl. The van der Waals surface area contributed by atoms with Gasteiger partial charge in [0.25, 0.3) is 0 Å². The summed E-state index contributed by atoms with van der Waals surface area (Å²) in [5.74, 6) is 0.236. The molecule has 0 saturated carbocycles. The number of halogens is 1. The average molecular weight is 207 g/mol. The number of amides is 2. The average Bonchev–Trinajstić information content (AvgIpc) is 2.12. The molecule has 5 heteroatoms. The van der Waals surface area contributed by atoms with E-state index in [0.29, 0.717) is 31.8 Å². The molecule has 0 radical (unpaired) electrons. The summed E-state index contributed by atoms with van der Waals surface area (Å²) in [5.41, 5.74) is 0. The van der Waals surface area contributed by atoms with E-state index >= 15 is 0 Å². The number of carbonyl (C=O) groups excluding carboxylic acids is 2. The van der Waals surface area contributed by atoms with Crippen molar-refractivity contribution in [2.45, 2.75) is 19.8 Å². The van der Waals surface area contributed by atoms with Crippen LogP contribution in [-0.4, -0.2) is 30.8 Å². The molecule has 0 aliphatic carbocycles. The fourth-order valence-electron chi connectivity index (χ4n) is 0.703. The largest absolute Gasteiger partial charge is 0.354 e. The van der Waals surface area contributed by atoms with Crippen molar-refractivity contribution in [1.82, 2.24) is 10.6 Å². The Morgan fingerprint density at radius 3 is 2.15 bits per heavy atom. The van der Waals surface area contributed by atoms with Crippen molar-refractivity contribution in [2.24, 2.45) is 0 Å². The quantitative estimate of drug-likeness (QED) is 0.484. The molecule has 0 aliphatic rings. The highest BCUT2D eigenvalue weighted by molar-refractivity contribution is 6.18. The van der Waals surface area contributed by atoms with E-state index in [9.17, 15) is 9.59 Å². The van der Waals surface area contributed by atoms with Gasteiger partial charge < -0.3 is 10.6 Å². The maximum absolute atomic E-state index is 10.8. The lowest BCUT2D eigenvalue weighted by Gasteiger charge is -2.04. The third-order valence-electron chi connectivity index (χ3n) is 1.41. The molecule has 0 fully saturated rings. The first-order valence-corrected chi connectivity index (χ1v) is 4.83. The lowest BCUT2D eigenvalue weighted by Crippen LogP contribution is -2.34. The molecule has 0 aromatic heterocycles. The van der Waals surface area contributed by atoms with Gasteiger partial charge in [0.2, 0.25) is 11.8 Å². The molecule has 0 unspecified atom stereocenters. The Morgan fingerprint density at radius 1 is 1.15 bits per heavy atom. The Hall–Kier alpha value is -0.770. The van der Waals surface area contributed by atoms with Crippen LogP contribution >= 0.6 is 11.6 Å². The zero-order valence-electron chi connectivity index (χ0n) is 7.73. The maximum Gasteiger partial charge on any atom is 0.221 e. The highest BCUT2D eigenvalue weighted by Crippen LogP contribution is 1.82. The predicted molar refractivity (Wildman–Crippen MR) is 51.6 cm³/mol. The van der Waals surface area contributed by atoms with Gasteiger partial charge in [0.05, 0.1) is 0 Å². The summed E-state index contributed by atoms with van der Waals surface area (Å²) in [6.45, 7) is 2.71. The second-order valence-corrected chi connectivity index (χ2v) is 2.87. The first-order valence-electron chi connectivity index (χ1n) is 4.30. The fraction of sp³-hybridized carbons (Fsp3) is 0.750. The summed E-state index contributed by atoms with van der Waals surface area (Å²) in [6, 6.07) is 0. The summed E-state index contributed by atoms with van der Waals surface area (Å²) in [5, 5.41) is 5.27. The summed E-state index contributed by atoms with van der Waals surface area (Å²) in [7, 11) is 0. The molecule has 2 N–H and O–H groups in total. The van der Waals surface area contributed by atoms with E-state index in [1.165, 1.54) is 0 Å². The zero-order chi connectivity index (χ0) is 10.1. The highest BCUT2D eigenvalue weighted by atomic mass is 35.5. The first kappa shape index (κ1) is 12.2. The zero-order valence-corrected chi connectivity index (χ0v) is 8.49. The molecule has 0 rings (SSSR count). The molecular formula is C8H15ClN2O2. The standard InChI is InChI=1S/C8H15ClN2O2/c1-2-7(12)10-5-6-11-8(13)3-4-9/h2-6H2,1H3,(H,10,12)(H,11,13). The van der Waals surface area contributed by atoms with E-state index in [1.807, 2.05) is 0 Å². The van der Waals surface area contributed by atoms with Gasteiger partial charge in [0, 0.05) is 31.8 Å². The second kappa shape index (κ2) is 7.86. The molecule has 0 heterocycles. The maximum atomic E-state index is 10.8. The number of alkyl halides is 1. The number of rotatable bonds is 6. The molecule has 0 aromatic carbocycles. The molecule has 0 atom stereocenters. The van der Waals surface area contributed by atoms with Crippen LogP contribution in [0.5, 0.6) is 0 Å². The molecule has 4 nitrogen and oxygen atoms in total. The van der Waals surface area contributed by atoms with Crippen molar-refractivity contribution in [3.63, 3.8) is 0 Å². The van der Waals surface area contributed by atoms with Crippen LogP contribution in [0.1, 0.15) is 19.8 Å². The minimum absolute atomic E-state index is 0.00778. The highest BCUT2D eigenvalue weighted by Gasteiger charge is 1.99. The van der Waals surface area contributed by atoms with Gasteiger partial charge in [0.15, 0.2) is 0 Å². The van der Waals surface area contributed by atoms with Gasteiger partial charge in [-0.1, -0.05) is 6.92 Å². The summed E-state index contributed by atoms with van der Waals surface area (Å²) < 4.78 is 0. The van der Waals surface area contributed by atoms with Gasteiger partial charge in [-0.3, -0.25) is 9.59 Å². The molecule has 2 amide bonds. The lowest BCUT2D eigenvalue weighted by atomic mass is 10.4. The van der Waals surface area contributed by atoms with Gasteiger partial charge in [-0.15, -0.1) is 11.6 Å². The van der Waals surface area contributed by atoms with Crippen molar-refractivity contribution in [3.05, 3.63) is 0 Å². The van der Waals surface area contributed by atoms with Crippen LogP contribution in [0.4, 0.5) is 0 Å². The van der Waals surface area contributed by atoms with Crippen LogP contribution in [0.2, 0.25) is 0 Å². The molecule has 0 bridgehead atoms. The van der Waals surface area contributed by atoms with Crippen molar-refractivity contribution in [1.29, 1.82) is 0 Å². The van der Waals surface area contributed by atoms with E-state index in [4.69, 9.17) is 11.6 Å². The van der Waals surface area contributed by atoms with E-state index in [2.05, 4.69) is 10.6 Å². The van der Waals surface area contributed by atoms with Gasteiger partial charge >= 0.3 is 0 Å². The van der Waals surface area contributed by atoms with Crippen LogP contribution in [0, 0.1) is 0 Å². The van der Waals surface area contributed by atoms with Gasteiger partial charge in [-0.25, -0.2) is 0 Å². The number of hydrogen-bond acceptors (Lipinski definition) is 2. The molecule has 0 aliphatic heterocycles. The molecular weight excluding hydrogens is 192 g/mol. The third kappa shape index (κ3) is 7.59. The van der Waals surface area contributed by atoms with Crippen molar-refractivity contribution in [3.8, 4) is 0 Å². The van der Waals surface area contributed by atoms with Crippen LogP contribution in [-0.2, 0) is 9.59 Å². The normalized spacial score (nSPS) is 9.38. The van der Waals surface area contributed by atoms with E-state index in [-0.39, 0.29) is 11.8 Å². The molecule has 0 saturated heterocycles. The van der Waals surface area contributed by atoms with Crippen LogP contribution in [0.25, 0.3) is 0 Å². The molecule has 0 aromatic rings. The first-order chi connectivity index (χ1) is 6.20. The summed E-state index contributed by atoms with van der Waals surface area (Å²) >= 11 is 5.35. The van der Waals surface area contributed by atoms with Crippen LogP contribution < -0.4 is 10.6 Å². The van der Waals surface area contributed by atoms with Gasteiger partial charge in [0.1, 0.15) is 0 Å². The van der Waals surface area contributed by atoms with Crippen molar-refractivity contribution in [2.75, 3.05) is 19.0 Å². The van der Waals surface area contributed by atoms with E-state index in [1.54, 1.807) is 6.92 Å². The fourth-order valence-corrected chi connectivity index (χ4v) is 0.875. The monoisotopic (exact) mass is 206 g/mol. The molecule has 13 heavy (non-hydrogen) atoms. The summed E-state index contributed by atoms with van der Waals surface area (Å²) in [4.78, 5) is 21.6. The molecule has 76 valence electrons. The Labute approximate surface area is 83.0 Å². The van der Waals surface area contributed by atoms with Gasteiger partial charge in [-0.05, 0) is 0 Å². The van der Waals surface area contributed by atoms with Gasteiger partial charge in [-0.2, -0.15) is 0 Å². The van der Waals surface area contributed by atoms with Crippen LogP contribution in [0.3, 0.4) is 0 Å². The number of nitrogens with one attached hydrogen (secondary N) is 2. The lowest BCUT2D eigenvalue weighted by molar-refractivity contribution is -0.122. The Morgan fingerprint density at radius 2 is 1.69 bits per heavy atom. The van der Waals surface area contributed by atoms with Crippen molar-refractivity contribution >= 4 is 23.4 Å². The second-order valence-electron chi connectivity index (χ2n) is 2.49. The Balaban J connectivity index is 3.25. The smallest absolute Gasteiger partial charge is 0.221 e. The molecule has 0 spiro atoms. The number of carbonyl (C=O) groups is 2. The summed E-state index contributed by atoms with van der Waals surface area (Å²) in [6.07, 6.45) is 0.791. The van der Waals surface area contributed by atoms with E-state index in [0.717, 1.165) is 0 Å². The van der Waals surface area contributed by atoms with Crippen molar-refractivity contribution < 1.29 is 9.59 Å². The Bertz CT molecular complexity index is 174. The number of hydrogen-bond donors (Lipinski definition) is 2. The van der Waals surface area contributed by atoms with E-state index < -0.39 is 0 Å². The Kier molecular flexibility index (Phi) is 7.39. The minimum Gasteiger partial charge on any atom is -0.354 e. The third-order valence-corrected chi connectivity index (χ3v) is 1.60.